The van der Waals surface area contributed by atoms with E-state index < -0.39 is 0 Å². The van der Waals surface area contributed by atoms with Crippen molar-refractivity contribution < 1.29 is 6.22 Å². The SMILES string of the molecule is O=Cc1ccn2cccc2c1.[H+]. The highest BCUT2D eigenvalue weighted by molar-refractivity contribution is 5.77. The maximum Gasteiger partial charge on any atom is 1.00 e. The fourth-order valence-corrected chi connectivity index (χ4v) is 1.12. The topological polar surface area (TPSA) is 21.5 Å². The van der Waals surface area contributed by atoms with E-state index in [9.17, 15) is 4.79 Å². The summed E-state index contributed by atoms with van der Waals surface area (Å²) in [5, 5.41) is 0. The predicted octanol–water partition coefficient (Wildman–Crippen LogP) is 1.86. The normalized spacial score (nSPS) is 10.2. The molecule has 0 aliphatic heterocycles. The number of carbonyl (C=O) groups is 1. The third-order valence-corrected chi connectivity index (χ3v) is 1.69. The number of nitrogens with zero attached hydrogens (tertiary/aromatic N) is 1. The Bertz CT molecular complexity index is 394. The lowest BCUT2D eigenvalue weighted by molar-refractivity contribution is 0.112. The van der Waals surface area contributed by atoms with Crippen LogP contribution in [0.25, 0.3) is 5.52 Å². The first kappa shape index (κ1) is 6.16. The van der Waals surface area contributed by atoms with Gasteiger partial charge in [0.1, 0.15) is 6.29 Å². The zero-order valence-electron chi connectivity index (χ0n) is 6.90. The van der Waals surface area contributed by atoms with Crippen LogP contribution >= 0.6 is 0 Å². The van der Waals surface area contributed by atoms with Crippen molar-refractivity contribution >= 4 is 11.8 Å². The molecular formula is C9H8NO+. The van der Waals surface area contributed by atoms with E-state index in [-0.39, 0.29) is 1.43 Å². The first-order chi connectivity index (χ1) is 5.40. The van der Waals surface area contributed by atoms with Crippen molar-refractivity contribution in [3.63, 3.8) is 0 Å². The second-order valence-corrected chi connectivity index (χ2v) is 2.42. The second kappa shape index (κ2) is 2.23. The van der Waals surface area contributed by atoms with Crippen molar-refractivity contribution in [1.29, 1.82) is 0 Å². The average molecular weight is 146 g/mol. The van der Waals surface area contributed by atoms with Gasteiger partial charge < -0.3 is 4.40 Å². The third kappa shape index (κ3) is 0.923. The smallest absolute Gasteiger partial charge is 0.324 e. The molecule has 0 unspecified atom stereocenters. The predicted molar refractivity (Wildman–Crippen MR) is 43.9 cm³/mol. The lowest BCUT2D eigenvalue weighted by Gasteiger charge is -1.93. The Hall–Kier alpha value is -1.57. The van der Waals surface area contributed by atoms with Crippen LogP contribution in [0.2, 0.25) is 0 Å². The number of aldehydes is 1. The molecule has 0 bridgehead atoms. The molecule has 11 heavy (non-hydrogen) atoms. The van der Waals surface area contributed by atoms with Gasteiger partial charge in [0, 0.05) is 23.5 Å². The molecule has 0 aromatic carbocycles. The molecule has 0 N–H and O–H groups in total. The molecule has 0 aliphatic carbocycles. The van der Waals surface area contributed by atoms with Crippen LogP contribution < -0.4 is 0 Å². The molecule has 0 amide bonds. The van der Waals surface area contributed by atoms with Crippen molar-refractivity contribution in [3.8, 4) is 0 Å². The van der Waals surface area contributed by atoms with Crippen molar-refractivity contribution in [1.82, 2.24) is 4.40 Å². The summed E-state index contributed by atoms with van der Waals surface area (Å²) in [6.07, 6.45) is 4.68. The second-order valence-electron chi connectivity index (χ2n) is 2.42. The van der Waals surface area contributed by atoms with E-state index in [0.717, 1.165) is 17.4 Å². The van der Waals surface area contributed by atoms with E-state index in [1.807, 2.05) is 35.0 Å². The molecule has 2 aromatic heterocycles. The van der Waals surface area contributed by atoms with Crippen LogP contribution in [0.15, 0.2) is 36.7 Å². The molecule has 2 rings (SSSR count). The Labute approximate surface area is 65.6 Å². The Kier molecular flexibility index (Phi) is 1.25. The molecule has 2 heteroatoms. The van der Waals surface area contributed by atoms with Gasteiger partial charge in [-0.25, -0.2) is 0 Å². The summed E-state index contributed by atoms with van der Waals surface area (Å²) in [6.45, 7) is 0. The Balaban J connectivity index is 0.000000720. The van der Waals surface area contributed by atoms with Gasteiger partial charge in [-0.1, -0.05) is 0 Å². The summed E-state index contributed by atoms with van der Waals surface area (Å²) in [7, 11) is 0. The molecule has 0 radical (unpaired) electrons. The zero-order valence-corrected chi connectivity index (χ0v) is 5.90. The van der Waals surface area contributed by atoms with E-state index in [0.29, 0.717) is 0 Å². The van der Waals surface area contributed by atoms with Crippen LogP contribution in [0.1, 0.15) is 11.8 Å². The van der Waals surface area contributed by atoms with Crippen molar-refractivity contribution in [2.24, 2.45) is 0 Å². The van der Waals surface area contributed by atoms with Crippen LogP contribution in [0.4, 0.5) is 0 Å². The highest BCUT2D eigenvalue weighted by Crippen LogP contribution is 2.05. The van der Waals surface area contributed by atoms with Gasteiger partial charge in [0.05, 0.1) is 0 Å². The number of aromatic nitrogens is 1. The molecular weight excluding hydrogens is 138 g/mol. The van der Waals surface area contributed by atoms with Crippen LogP contribution in [-0.2, 0) is 0 Å². The minimum Gasteiger partial charge on any atom is -0.324 e. The van der Waals surface area contributed by atoms with Crippen LogP contribution in [0.5, 0.6) is 0 Å². The first-order valence-corrected chi connectivity index (χ1v) is 3.42. The fraction of sp³-hybridized carbons (Fsp3) is 0. The van der Waals surface area contributed by atoms with Crippen molar-refractivity contribution in [2.75, 3.05) is 0 Å². The fourth-order valence-electron chi connectivity index (χ4n) is 1.12. The standard InChI is InChI=1S/C9H7NO/c11-7-8-3-5-10-4-1-2-9(10)6-8/h1-7H/p+1. The molecule has 0 saturated carbocycles. The average Bonchev–Trinajstić information content (AvgIpc) is 2.50. The third-order valence-electron chi connectivity index (χ3n) is 1.69. The van der Waals surface area contributed by atoms with Crippen LogP contribution in [0, 0.1) is 0 Å². The van der Waals surface area contributed by atoms with Crippen LogP contribution in [-0.4, -0.2) is 10.7 Å². The largest absolute Gasteiger partial charge is 1.00 e. The lowest BCUT2D eigenvalue weighted by Crippen LogP contribution is -1.83. The van der Waals surface area contributed by atoms with Gasteiger partial charge in [-0.15, -0.1) is 0 Å². The molecule has 0 atom stereocenters. The minimum atomic E-state index is 0. The van der Waals surface area contributed by atoms with E-state index >= 15 is 0 Å². The van der Waals surface area contributed by atoms with Gasteiger partial charge in [0.25, 0.3) is 0 Å². The summed E-state index contributed by atoms with van der Waals surface area (Å²) in [4.78, 5) is 10.4. The number of hydrogen-bond donors (Lipinski definition) is 0. The van der Waals surface area contributed by atoms with E-state index in [1.54, 1.807) is 6.07 Å². The molecule has 54 valence electrons. The molecule has 2 heterocycles. The molecule has 0 aliphatic rings. The van der Waals surface area contributed by atoms with Crippen molar-refractivity contribution in [3.05, 3.63) is 42.2 Å². The zero-order chi connectivity index (χ0) is 7.68. The number of pyridine rings is 1. The van der Waals surface area contributed by atoms with Gasteiger partial charge in [0.2, 0.25) is 0 Å². The summed E-state index contributed by atoms with van der Waals surface area (Å²) in [5.74, 6) is 0. The number of carbonyl (C=O) groups excluding carboxylic acids is 1. The molecule has 2 nitrogen and oxygen atoms in total. The lowest BCUT2D eigenvalue weighted by atomic mass is 10.3. The summed E-state index contributed by atoms with van der Waals surface area (Å²) in [6, 6.07) is 7.56. The van der Waals surface area contributed by atoms with Gasteiger partial charge >= 0.3 is 1.43 Å². The highest BCUT2D eigenvalue weighted by Gasteiger charge is 1.92. The summed E-state index contributed by atoms with van der Waals surface area (Å²) >= 11 is 0. The molecule has 0 spiro atoms. The molecule has 0 saturated heterocycles. The van der Waals surface area contributed by atoms with Gasteiger partial charge in [-0.3, -0.25) is 4.79 Å². The number of hydrogen-bond acceptors (Lipinski definition) is 1. The quantitative estimate of drug-likeness (QED) is 0.563. The highest BCUT2D eigenvalue weighted by atomic mass is 16.1. The monoisotopic (exact) mass is 146 g/mol. The van der Waals surface area contributed by atoms with Crippen LogP contribution in [0.3, 0.4) is 0 Å². The van der Waals surface area contributed by atoms with E-state index in [2.05, 4.69) is 0 Å². The molecule has 0 fully saturated rings. The number of rotatable bonds is 1. The molecule has 2 aromatic rings. The maximum absolute atomic E-state index is 10.4. The first-order valence-electron chi connectivity index (χ1n) is 3.42. The Morgan fingerprint density at radius 3 is 3.09 bits per heavy atom. The number of fused-ring (bicyclic) bond motifs is 1. The van der Waals surface area contributed by atoms with Crippen molar-refractivity contribution in [2.45, 2.75) is 0 Å². The Morgan fingerprint density at radius 1 is 1.36 bits per heavy atom. The van der Waals surface area contributed by atoms with Gasteiger partial charge in [0.15, 0.2) is 0 Å². The van der Waals surface area contributed by atoms with E-state index in [4.69, 9.17) is 0 Å². The minimum absolute atomic E-state index is 0. The Morgan fingerprint density at radius 2 is 2.27 bits per heavy atom. The summed E-state index contributed by atoms with van der Waals surface area (Å²) in [5.41, 5.74) is 1.77. The van der Waals surface area contributed by atoms with Gasteiger partial charge in [-0.05, 0) is 24.3 Å². The van der Waals surface area contributed by atoms with E-state index in [1.165, 1.54) is 0 Å². The van der Waals surface area contributed by atoms with Gasteiger partial charge in [-0.2, -0.15) is 0 Å². The summed E-state index contributed by atoms with van der Waals surface area (Å²) < 4.78 is 1.97. The maximum atomic E-state index is 10.4.